The molecule has 0 unspecified atom stereocenters. The van der Waals surface area contributed by atoms with Crippen molar-refractivity contribution >= 4 is 15.6 Å². The van der Waals surface area contributed by atoms with Gasteiger partial charge in [-0.25, -0.2) is 21.6 Å². The van der Waals surface area contributed by atoms with Gasteiger partial charge in [-0.05, 0) is 12.1 Å². The zero-order valence-electron chi connectivity index (χ0n) is 8.13. The van der Waals surface area contributed by atoms with Gasteiger partial charge in [0.15, 0.2) is 33.1 Å². The van der Waals surface area contributed by atoms with Crippen LogP contribution in [0.5, 0.6) is 0 Å². The summed E-state index contributed by atoms with van der Waals surface area (Å²) in [6.07, 6.45) is 0.807. The molecular formula is C9H7F3O3S. The van der Waals surface area contributed by atoms with Crippen molar-refractivity contribution in [3.63, 3.8) is 0 Å². The minimum Gasteiger partial charge on any atom is -0.293 e. The first-order chi connectivity index (χ1) is 7.20. The maximum absolute atomic E-state index is 12.7. The molecule has 3 nitrogen and oxygen atoms in total. The molecule has 7 heteroatoms. The highest BCUT2D eigenvalue weighted by molar-refractivity contribution is 7.91. The van der Waals surface area contributed by atoms with Crippen LogP contribution in [-0.2, 0) is 9.84 Å². The van der Waals surface area contributed by atoms with Crippen molar-refractivity contribution in [2.45, 2.75) is 0 Å². The van der Waals surface area contributed by atoms with E-state index in [-0.39, 0.29) is 0 Å². The molecule has 0 N–H and O–H groups in total. The Bertz CT molecular complexity index is 514. The largest absolute Gasteiger partial charge is 0.293 e. The number of benzene rings is 1. The number of halogens is 3. The lowest BCUT2D eigenvalue weighted by Crippen LogP contribution is -2.15. The molecule has 16 heavy (non-hydrogen) atoms. The van der Waals surface area contributed by atoms with Crippen molar-refractivity contribution in [1.29, 1.82) is 0 Å². The molecule has 0 radical (unpaired) electrons. The average molecular weight is 252 g/mol. The van der Waals surface area contributed by atoms with Gasteiger partial charge < -0.3 is 0 Å². The Kier molecular flexibility index (Phi) is 3.37. The Morgan fingerprint density at radius 1 is 1.19 bits per heavy atom. The van der Waals surface area contributed by atoms with Crippen molar-refractivity contribution < 1.29 is 26.4 Å². The molecular weight excluding hydrogens is 245 g/mol. The number of carbonyl (C=O) groups is 1. The summed E-state index contributed by atoms with van der Waals surface area (Å²) in [6, 6.07) is 0.928. The number of ketones is 1. The van der Waals surface area contributed by atoms with Gasteiger partial charge in [0.25, 0.3) is 0 Å². The summed E-state index contributed by atoms with van der Waals surface area (Å²) in [5, 5.41) is 0. The fraction of sp³-hybridized carbons (Fsp3) is 0.222. The molecule has 0 aliphatic carbocycles. The van der Waals surface area contributed by atoms with E-state index in [0.717, 1.165) is 6.26 Å². The van der Waals surface area contributed by atoms with Gasteiger partial charge in [0.2, 0.25) is 0 Å². The first-order valence-corrected chi connectivity index (χ1v) is 6.12. The zero-order chi connectivity index (χ0) is 12.5. The van der Waals surface area contributed by atoms with Crippen LogP contribution in [-0.4, -0.2) is 26.2 Å². The first-order valence-electron chi connectivity index (χ1n) is 4.06. The molecule has 0 saturated carbocycles. The predicted octanol–water partition coefficient (Wildman–Crippen LogP) is 1.33. The third kappa shape index (κ3) is 3.06. The third-order valence-electron chi connectivity index (χ3n) is 1.70. The van der Waals surface area contributed by atoms with E-state index < -0.39 is 44.4 Å². The van der Waals surface area contributed by atoms with Crippen molar-refractivity contribution in [3.8, 4) is 0 Å². The summed E-state index contributed by atoms with van der Waals surface area (Å²) in [7, 11) is -3.60. The summed E-state index contributed by atoms with van der Waals surface area (Å²) in [5.41, 5.74) is -0.512. The fourth-order valence-corrected chi connectivity index (χ4v) is 1.68. The van der Waals surface area contributed by atoms with E-state index in [2.05, 4.69) is 0 Å². The second kappa shape index (κ2) is 4.25. The second-order valence-corrected chi connectivity index (χ2v) is 5.39. The molecule has 0 aliphatic heterocycles. The van der Waals surface area contributed by atoms with Crippen LogP contribution in [0.15, 0.2) is 12.1 Å². The first kappa shape index (κ1) is 12.7. The van der Waals surface area contributed by atoms with Crippen LogP contribution in [0.4, 0.5) is 13.2 Å². The molecule has 0 fully saturated rings. The minimum atomic E-state index is -3.60. The van der Waals surface area contributed by atoms with Gasteiger partial charge in [0, 0.05) is 11.8 Å². The Labute approximate surface area is 89.8 Å². The van der Waals surface area contributed by atoms with Crippen molar-refractivity contribution in [2.75, 3.05) is 12.0 Å². The monoisotopic (exact) mass is 252 g/mol. The summed E-state index contributed by atoms with van der Waals surface area (Å²) in [4.78, 5) is 11.2. The molecule has 0 aromatic heterocycles. The van der Waals surface area contributed by atoms with Crippen molar-refractivity contribution in [3.05, 3.63) is 35.1 Å². The summed E-state index contributed by atoms with van der Waals surface area (Å²) in [5.74, 6) is -6.62. The molecule has 0 spiro atoms. The number of sulfone groups is 1. The van der Waals surface area contributed by atoms with Gasteiger partial charge >= 0.3 is 0 Å². The number of Topliss-reactive ketones (excluding diaryl/α,β-unsaturated/α-hetero) is 1. The highest BCUT2D eigenvalue weighted by atomic mass is 32.2. The number of carbonyl (C=O) groups excluding carboxylic acids is 1. The lowest BCUT2D eigenvalue weighted by atomic mass is 10.1. The third-order valence-corrected chi connectivity index (χ3v) is 2.49. The van der Waals surface area contributed by atoms with E-state index in [9.17, 15) is 26.4 Å². The molecule has 1 rings (SSSR count). The topological polar surface area (TPSA) is 51.2 Å². The molecule has 0 saturated heterocycles. The Morgan fingerprint density at radius 2 is 1.62 bits per heavy atom. The van der Waals surface area contributed by atoms with Gasteiger partial charge in [0.05, 0.1) is 0 Å². The Hall–Kier alpha value is -1.37. The quantitative estimate of drug-likeness (QED) is 0.602. The van der Waals surface area contributed by atoms with Crippen LogP contribution < -0.4 is 0 Å². The number of hydrogen-bond acceptors (Lipinski definition) is 3. The summed E-state index contributed by atoms with van der Waals surface area (Å²) >= 11 is 0. The van der Waals surface area contributed by atoms with Gasteiger partial charge in [-0.2, -0.15) is 0 Å². The fourth-order valence-electron chi connectivity index (χ4n) is 1.04. The standard InChI is InChI=1S/C9H7F3O3S/c1-16(14,15)4-8(13)5-2-6(10)9(12)7(11)3-5/h2-3H,4H2,1H3. The molecule has 1 aromatic carbocycles. The van der Waals surface area contributed by atoms with Crippen molar-refractivity contribution in [1.82, 2.24) is 0 Å². The van der Waals surface area contributed by atoms with Crippen LogP contribution in [0.2, 0.25) is 0 Å². The highest BCUT2D eigenvalue weighted by Crippen LogP contribution is 2.14. The van der Waals surface area contributed by atoms with Gasteiger partial charge in [-0.3, -0.25) is 4.79 Å². The summed E-state index contributed by atoms with van der Waals surface area (Å²) < 4.78 is 59.5. The number of hydrogen-bond donors (Lipinski definition) is 0. The molecule has 0 atom stereocenters. The molecule has 0 heterocycles. The molecule has 1 aromatic rings. The maximum Gasteiger partial charge on any atom is 0.194 e. The average Bonchev–Trinajstić information content (AvgIpc) is 2.10. The van der Waals surface area contributed by atoms with Crippen LogP contribution >= 0.6 is 0 Å². The predicted molar refractivity (Wildman–Crippen MR) is 50.4 cm³/mol. The van der Waals surface area contributed by atoms with Gasteiger partial charge in [-0.1, -0.05) is 0 Å². The second-order valence-electron chi connectivity index (χ2n) is 3.25. The van der Waals surface area contributed by atoms with Crippen LogP contribution in [0.1, 0.15) is 10.4 Å². The molecule has 88 valence electrons. The zero-order valence-corrected chi connectivity index (χ0v) is 8.95. The number of rotatable bonds is 3. The van der Waals surface area contributed by atoms with E-state index in [4.69, 9.17) is 0 Å². The molecule has 0 bridgehead atoms. The van der Waals surface area contributed by atoms with E-state index in [0.29, 0.717) is 12.1 Å². The van der Waals surface area contributed by atoms with Crippen molar-refractivity contribution in [2.24, 2.45) is 0 Å². The molecule has 0 amide bonds. The normalized spacial score (nSPS) is 11.5. The lowest BCUT2D eigenvalue weighted by Gasteiger charge is -2.01. The smallest absolute Gasteiger partial charge is 0.194 e. The Balaban J connectivity index is 3.11. The lowest BCUT2D eigenvalue weighted by molar-refractivity contribution is 0.102. The Morgan fingerprint density at radius 3 is 2.00 bits per heavy atom. The minimum absolute atomic E-state index is 0.464. The van der Waals surface area contributed by atoms with Gasteiger partial charge in [0.1, 0.15) is 5.75 Å². The van der Waals surface area contributed by atoms with Gasteiger partial charge in [-0.15, -0.1) is 0 Å². The van der Waals surface area contributed by atoms with Crippen LogP contribution in [0.25, 0.3) is 0 Å². The van der Waals surface area contributed by atoms with E-state index in [1.54, 1.807) is 0 Å². The van der Waals surface area contributed by atoms with Crippen LogP contribution in [0, 0.1) is 17.5 Å². The van der Waals surface area contributed by atoms with E-state index >= 15 is 0 Å². The van der Waals surface area contributed by atoms with E-state index in [1.807, 2.05) is 0 Å². The van der Waals surface area contributed by atoms with Crippen LogP contribution in [0.3, 0.4) is 0 Å². The maximum atomic E-state index is 12.7. The highest BCUT2D eigenvalue weighted by Gasteiger charge is 2.18. The summed E-state index contributed by atoms with van der Waals surface area (Å²) in [6.45, 7) is 0. The molecule has 0 aliphatic rings. The van der Waals surface area contributed by atoms with E-state index in [1.165, 1.54) is 0 Å². The SMILES string of the molecule is CS(=O)(=O)CC(=O)c1cc(F)c(F)c(F)c1.